The monoisotopic (exact) mass is 331 g/mol. The van der Waals surface area contributed by atoms with Crippen LogP contribution in [0.5, 0.6) is 0 Å². The summed E-state index contributed by atoms with van der Waals surface area (Å²) in [6.07, 6.45) is 1.49. The third-order valence-corrected chi connectivity index (χ3v) is 4.16. The molecule has 0 amide bonds. The minimum atomic E-state index is -0.0175. The molecule has 0 saturated heterocycles. The van der Waals surface area contributed by atoms with Crippen LogP contribution >= 0.6 is 0 Å². The van der Waals surface area contributed by atoms with Crippen molar-refractivity contribution in [1.29, 1.82) is 0 Å². The molecule has 0 bridgehead atoms. The van der Waals surface area contributed by atoms with Gasteiger partial charge in [-0.05, 0) is 17.2 Å². The van der Waals surface area contributed by atoms with E-state index in [0.717, 1.165) is 33.5 Å². The number of aromatic nitrogens is 2. The highest BCUT2D eigenvalue weighted by Gasteiger charge is 2.21. The molecule has 0 aliphatic rings. The van der Waals surface area contributed by atoms with Crippen molar-refractivity contribution in [1.82, 2.24) is 9.97 Å². The fraction of sp³-hybridized carbons (Fsp3) is 0.100. The Bertz CT molecular complexity index is 1030. The topological polar surface area (TPSA) is 71.2 Å². The molecule has 0 aliphatic carbocycles. The summed E-state index contributed by atoms with van der Waals surface area (Å²) >= 11 is 0. The van der Waals surface area contributed by atoms with Crippen molar-refractivity contribution in [2.24, 2.45) is 0 Å². The van der Waals surface area contributed by atoms with Crippen molar-refractivity contribution in [3.8, 4) is 22.5 Å². The molecule has 2 aromatic carbocycles. The molecule has 0 spiro atoms. The van der Waals surface area contributed by atoms with E-state index in [4.69, 9.17) is 4.42 Å². The van der Waals surface area contributed by atoms with Crippen LogP contribution in [0.1, 0.15) is 5.56 Å². The number of hydrogen-bond donors (Lipinski definition) is 2. The van der Waals surface area contributed by atoms with Gasteiger partial charge in [-0.25, -0.2) is 9.97 Å². The van der Waals surface area contributed by atoms with Gasteiger partial charge in [-0.3, -0.25) is 0 Å². The number of aliphatic hydroxyl groups is 1. The first-order chi connectivity index (χ1) is 12.3. The summed E-state index contributed by atoms with van der Waals surface area (Å²) in [5.74, 6) is 1.44. The standard InChI is InChI=1S/C20H17N3O2/c1-21-19-17-16(14-7-3-2-4-8-14)18(25-20(17)23-12-22-19)15-9-5-6-13(10-15)11-24/h2-10,12,24H,11H2,1H3,(H,21,22,23). The van der Waals surface area contributed by atoms with Gasteiger partial charge in [0.15, 0.2) is 0 Å². The Balaban J connectivity index is 2.07. The van der Waals surface area contributed by atoms with Crippen molar-refractivity contribution >= 4 is 16.9 Å². The molecule has 25 heavy (non-hydrogen) atoms. The number of aliphatic hydroxyl groups excluding tert-OH is 1. The number of benzene rings is 2. The summed E-state index contributed by atoms with van der Waals surface area (Å²) in [5.41, 5.74) is 4.22. The van der Waals surface area contributed by atoms with Crippen molar-refractivity contribution < 1.29 is 9.52 Å². The highest BCUT2D eigenvalue weighted by atomic mass is 16.3. The van der Waals surface area contributed by atoms with Crippen LogP contribution in [-0.2, 0) is 6.61 Å². The minimum Gasteiger partial charge on any atom is -0.437 e. The van der Waals surface area contributed by atoms with Gasteiger partial charge in [-0.2, -0.15) is 0 Å². The maximum Gasteiger partial charge on any atom is 0.232 e. The molecule has 4 rings (SSSR count). The average molecular weight is 331 g/mol. The Labute approximate surface area is 145 Å². The Morgan fingerprint density at radius 3 is 2.56 bits per heavy atom. The van der Waals surface area contributed by atoms with Crippen LogP contribution in [0.25, 0.3) is 33.6 Å². The smallest absolute Gasteiger partial charge is 0.232 e. The molecule has 0 aliphatic heterocycles. The van der Waals surface area contributed by atoms with E-state index in [9.17, 15) is 5.11 Å². The zero-order chi connectivity index (χ0) is 17.2. The number of nitrogens with zero attached hydrogens (tertiary/aromatic N) is 2. The lowest BCUT2D eigenvalue weighted by atomic mass is 9.98. The van der Waals surface area contributed by atoms with E-state index in [-0.39, 0.29) is 6.61 Å². The summed E-state index contributed by atoms with van der Waals surface area (Å²) < 4.78 is 6.11. The van der Waals surface area contributed by atoms with Gasteiger partial charge in [-0.1, -0.05) is 48.5 Å². The molecule has 5 nitrogen and oxygen atoms in total. The molecule has 0 radical (unpaired) electrons. The molecule has 0 saturated carbocycles. The van der Waals surface area contributed by atoms with Crippen LogP contribution in [0.2, 0.25) is 0 Å². The molecule has 0 unspecified atom stereocenters. The Hall–Kier alpha value is -3.18. The highest BCUT2D eigenvalue weighted by molar-refractivity contribution is 6.05. The van der Waals surface area contributed by atoms with Gasteiger partial charge in [0.05, 0.1) is 12.0 Å². The second-order valence-corrected chi connectivity index (χ2v) is 5.68. The van der Waals surface area contributed by atoms with E-state index in [1.54, 1.807) is 0 Å². The predicted molar refractivity (Wildman–Crippen MR) is 98.1 cm³/mol. The van der Waals surface area contributed by atoms with Crippen LogP contribution in [0.15, 0.2) is 65.3 Å². The molecule has 0 fully saturated rings. The average Bonchev–Trinajstić information content (AvgIpc) is 3.08. The van der Waals surface area contributed by atoms with Gasteiger partial charge in [0, 0.05) is 18.2 Å². The van der Waals surface area contributed by atoms with Crippen LogP contribution in [-0.4, -0.2) is 22.1 Å². The van der Waals surface area contributed by atoms with Gasteiger partial charge >= 0.3 is 0 Å². The molecule has 2 aromatic heterocycles. The SMILES string of the molecule is CNc1ncnc2oc(-c3cccc(CO)c3)c(-c3ccccc3)c12. The molecule has 4 aromatic rings. The van der Waals surface area contributed by atoms with E-state index in [2.05, 4.69) is 15.3 Å². The Morgan fingerprint density at radius 1 is 1.00 bits per heavy atom. The second kappa shape index (κ2) is 6.37. The third kappa shape index (κ3) is 2.64. The first-order valence-corrected chi connectivity index (χ1v) is 8.02. The summed E-state index contributed by atoms with van der Waals surface area (Å²) in [5, 5.41) is 13.4. The van der Waals surface area contributed by atoms with Crippen LogP contribution < -0.4 is 5.32 Å². The zero-order valence-corrected chi connectivity index (χ0v) is 13.7. The van der Waals surface area contributed by atoms with Gasteiger partial charge < -0.3 is 14.8 Å². The largest absolute Gasteiger partial charge is 0.437 e. The fourth-order valence-corrected chi connectivity index (χ4v) is 3.02. The van der Waals surface area contributed by atoms with E-state index >= 15 is 0 Å². The van der Waals surface area contributed by atoms with Gasteiger partial charge in [0.25, 0.3) is 0 Å². The Morgan fingerprint density at radius 2 is 1.80 bits per heavy atom. The van der Waals surface area contributed by atoms with Crippen LogP contribution in [0.3, 0.4) is 0 Å². The Kier molecular flexibility index (Phi) is 3.91. The summed E-state index contributed by atoms with van der Waals surface area (Å²) in [6, 6.07) is 17.7. The maximum absolute atomic E-state index is 9.45. The molecule has 2 heterocycles. The summed E-state index contributed by atoms with van der Waals surface area (Å²) in [4.78, 5) is 8.63. The number of nitrogens with one attached hydrogen (secondary N) is 1. The zero-order valence-electron chi connectivity index (χ0n) is 13.7. The van der Waals surface area contributed by atoms with E-state index in [1.807, 2.05) is 61.6 Å². The van der Waals surface area contributed by atoms with Crippen LogP contribution in [0, 0.1) is 0 Å². The van der Waals surface area contributed by atoms with Crippen molar-refractivity contribution in [3.05, 3.63) is 66.5 Å². The first kappa shape index (κ1) is 15.4. The lowest BCUT2D eigenvalue weighted by molar-refractivity contribution is 0.282. The minimum absolute atomic E-state index is 0.0175. The molecule has 2 N–H and O–H groups in total. The molecular weight excluding hydrogens is 314 g/mol. The number of fused-ring (bicyclic) bond motifs is 1. The predicted octanol–water partition coefficient (Wildman–Crippen LogP) is 4.09. The number of hydrogen-bond acceptors (Lipinski definition) is 5. The quantitative estimate of drug-likeness (QED) is 0.589. The lowest BCUT2D eigenvalue weighted by Gasteiger charge is -2.06. The summed E-state index contributed by atoms with van der Waals surface area (Å²) in [7, 11) is 1.83. The third-order valence-electron chi connectivity index (χ3n) is 4.16. The van der Waals surface area contributed by atoms with Gasteiger partial charge in [0.1, 0.15) is 17.9 Å². The normalized spacial score (nSPS) is 11.0. The fourth-order valence-electron chi connectivity index (χ4n) is 3.02. The number of furan rings is 1. The van der Waals surface area contributed by atoms with Crippen molar-refractivity contribution in [2.75, 3.05) is 12.4 Å². The molecule has 5 heteroatoms. The molecule has 0 atom stereocenters. The number of rotatable bonds is 4. The second-order valence-electron chi connectivity index (χ2n) is 5.68. The van der Waals surface area contributed by atoms with E-state index in [0.29, 0.717) is 11.5 Å². The number of anilines is 1. The summed E-state index contributed by atoms with van der Waals surface area (Å²) in [6.45, 7) is -0.0175. The lowest BCUT2D eigenvalue weighted by Crippen LogP contribution is -1.94. The first-order valence-electron chi connectivity index (χ1n) is 8.02. The molecule has 124 valence electrons. The van der Waals surface area contributed by atoms with Gasteiger partial charge in [-0.15, -0.1) is 0 Å². The van der Waals surface area contributed by atoms with Crippen LogP contribution in [0.4, 0.5) is 5.82 Å². The van der Waals surface area contributed by atoms with E-state index in [1.165, 1.54) is 6.33 Å². The molecular formula is C20H17N3O2. The van der Waals surface area contributed by atoms with Crippen molar-refractivity contribution in [2.45, 2.75) is 6.61 Å². The highest BCUT2D eigenvalue weighted by Crippen LogP contribution is 2.42. The van der Waals surface area contributed by atoms with Crippen molar-refractivity contribution in [3.63, 3.8) is 0 Å². The van der Waals surface area contributed by atoms with Gasteiger partial charge in [0.2, 0.25) is 5.71 Å². The van der Waals surface area contributed by atoms with E-state index < -0.39 is 0 Å². The maximum atomic E-state index is 9.45.